The van der Waals surface area contributed by atoms with Gasteiger partial charge >= 0.3 is 0 Å². The SMILES string of the molecule is CC1=C2C=C3[C@@H](O)[C@H](O)[C@@H](N(C)C)C[C@]34CC[C@]2(O4)C2CC=C(c3ccc4[nH]ncc4c3)[C@@]2(C)C1. The number of nitrogens with one attached hydrogen (secondary N) is 1. The highest BCUT2D eigenvalue weighted by atomic mass is 16.5. The van der Waals surface area contributed by atoms with E-state index in [-0.39, 0.29) is 17.1 Å². The first-order valence-corrected chi connectivity index (χ1v) is 13.0. The van der Waals surface area contributed by atoms with Crippen LogP contribution in [0.5, 0.6) is 0 Å². The predicted octanol–water partition coefficient (Wildman–Crippen LogP) is 3.98. The smallest absolute Gasteiger partial charge is 0.105 e. The molecule has 2 aliphatic heterocycles. The largest absolute Gasteiger partial charge is 0.388 e. The van der Waals surface area contributed by atoms with Crippen LogP contribution in [-0.2, 0) is 4.74 Å². The third-order valence-electron chi connectivity index (χ3n) is 10.1. The Hall–Kier alpha value is -2.25. The number of H-pyrrole nitrogens is 1. The van der Waals surface area contributed by atoms with Crippen LogP contribution in [0.1, 0.15) is 51.5 Å². The Morgan fingerprint density at radius 2 is 2.03 bits per heavy atom. The second kappa shape index (κ2) is 6.94. The van der Waals surface area contributed by atoms with Gasteiger partial charge in [-0.3, -0.25) is 5.10 Å². The minimum absolute atomic E-state index is 0.0182. The summed E-state index contributed by atoms with van der Waals surface area (Å²) in [6.45, 7) is 4.68. The number of fused-ring (bicyclic) bond motifs is 2. The summed E-state index contributed by atoms with van der Waals surface area (Å²) in [4.78, 5) is 2.04. The van der Waals surface area contributed by atoms with Crippen molar-refractivity contribution in [3.05, 3.63) is 58.8 Å². The van der Waals surface area contributed by atoms with E-state index in [4.69, 9.17) is 4.74 Å². The molecule has 0 amide bonds. The van der Waals surface area contributed by atoms with E-state index in [0.29, 0.717) is 5.92 Å². The number of ether oxygens (including phenoxy) is 1. The number of likely N-dealkylation sites (N-methyl/N-ethyl adjacent to an activating group) is 1. The maximum absolute atomic E-state index is 11.2. The second-order valence-electron chi connectivity index (χ2n) is 12.1. The van der Waals surface area contributed by atoms with E-state index in [1.54, 1.807) is 0 Å². The maximum Gasteiger partial charge on any atom is 0.105 e. The Kier molecular flexibility index (Phi) is 4.36. The topological polar surface area (TPSA) is 81.6 Å². The van der Waals surface area contributed by atoms with Crippen molar-refractivity contribution in [2.75, 3.05) is 14.1 Å². The van der Waals surface area contributed by atoms with Crippen LogP contribution in [0.2, 0.25) is 0 Å². The monoisotopic (exact) mass is 473 g/mol. The second-order valence-corrected chi connectivity index (χ2v) is 12.1. The van der Waals surface area contributed by atoms with E-state index >= 15 is 0 Å². The van der Waals surface area contributed by atoms with E-state index < -0.39 is 17.8 Å². The summed E-state index contributed by atoms with van der Waals surface area (Å²) in [6.07, 6.45) is 9.45. The van der Waals surface area contributed by atoms with Gasteiger partial charge in [0.05, 0.1) is 29.0 Å². The fraction of sp³-hybridized carbons (Fsp3) is 0.552. The van der Waals surface area contributed by atoms with E-state index in [1.807, 2.05) is 25.2 Å². The van der Waals surface area contributed by atoms with Gasteiger partial charge in [0, 0.05) is 22.8 Å². The number of benzene rings is 1. The standard InChI is InChI=1S/C29H35N3O3/c1-16-13-27(2)19(17-5-7-22-18(11-17)15-30-31-22)6-8-24(27)29-10-9-28(35-29)14-23(32(3)4)26(34)25(33)21(28)12-20(16)29/h5-7,11-12,15,23-26,33-34H,8-10,13-14H2,1-4H3,(H,30,31)/t23-,24?,25+,26+,27+,28+,29+/m0/s1. The summed E-state index contributed by atoms with van der Waals surface area (Å²) in [7, 11) is 3.97. The van der Waals surface area contributed by atoms with Crippen LogP contribution in [-0.4, -0.2) is 68.9 Å². The van der Waals surface area contributed by atoms with Gasteiger partial charge in [-0.2, -0.15) is 5.10 Å². The molecule has 0 radical (unpaired) electrons. The molecule has 2 spiro atoms. The lowest BCUT2D eigenvalue weighted by Gasteiger charge is -2.56. The molecule has 1 unspecified atom stereocenters. The highest BCUT2D eigenvalue weighted by Gasteiger charge is 2.68. The minimum atomic E-state index is -0.889. The van der Waals surface area contributed by atoms with Gasteiger partial charge in [0.1, 0.15) is 6.10 Å². The van der Waals surface area contributed by atoms with E-state index in [1.165, 1.54) is 22.3 Å². The van der Waals surface area contributed by atoms with Gasteiger partial charge in [-0.25, -0.2) is 0 Å². The number of aliphatic hydroxyl groups excluding tert-OH is 2. The summed E-state index contributed by atoms with van der Waals surface area (Å²) in [6, 6.07) is 6.50. The molecule has 3 N–H and O–H groups in total. The molecule has 2 fully saturated rings. The van der Waals surface area contributed by atoms with Crippen molar-refractivity contribution in [1.82, 2.24) is 15.1 Å². The molecule has 7 rings (SSSR count). The third-order valence-corrected chi connectivity index (χ3v) is 10.1. The lowest BCUT2D eigenvalue weighted by atomic mass is 9.56. The van der Waals surface area contributed by atoms with Crippen molar-refractivity contribution < 1.29 is 14.9 Å². The fourth-order valence-electron chi connectivity index (χ4n) is 8.56. The lowest BCUT2D eigenvalue weighted by Crippen LogP contribution is -2.62. The Morgan fingerprint density at radius 3 is 2.83 bits per heavy atom. The molecule has 2 bridgehead atoms. The predicted molar refractivity (Wildman–Crippen MR) is 136 cm³/mol. The van der Waals surface area contributed by atoms with Crippen LogP contribution in [0, 0.1) is 11.3 Å². The van der Waals surface area contributed by atoms with Crippen LogP contribution in [0.15, 0.2) is 53.3 Å². The Balaban J connectivity index is 1.34. The summed E-state index contributed by atoms with van der Waals surface area (Å²) >= 11 is 0. The lowest BCUT2D eigenvalue weighted by molar-refractivity contribution is -0.162. The van der Waals surface area contributed by atoms with Crippen molar-refractivity contribution in [1.29, 1.82) is 0 Å². The molecular formula is C29H35N3O3. The molecule has 1 saturated heterocycles. The van der Waals surface area contributed by atoms with Gasteiger partial charge < -0.3 is 19.8 Å². The van der Waals surface area contributed by atoms with Gasteiger partial charge in [-0.05, 0) is 87.5 Å². The molecule has 184 valence electrons. The average molecular weight is 474 g/mol. The zero-order valence-electron chi connectivity index (χ0n) is 21.0. The molecular weight excluding hydrogens is 438 g/mol. The molecule has 3 aliphatic carbocycles. The molecule has 1 aromatic heterocycles. The molecule has 1 saturated carbocycles. The van der Waals surface area contributed by atoms with Gasteiger partial charge in [0.2, 0.25) is 0 Å². The number of aliphatic hydroxyl groups is 2. The molecule has 6 heteroatoms. The number of nitrogens with zero attached hydrogens (tertiary/aromatic N) is 2. The molecule has 7 atom stereocenters. The van der Waals surface area contributed by atoms with E-state index in [9.17, 15) is 10.2 Å². The van der Waals surface area contributed by atoms with Crippen molar-refractivity contribution in [2.24, 2.45) is 11.3 Å². The first kappa shape index (κ1) is 22.0. The first-order chi connectivity index (χ1) is 16.7. The van der Waals surface area contributed by atoms with Crippen LogP contribution >= 0.6 is 0 Å². The number of hydrogen-bond acceptors (Lipinski definition) is 5. The van der Waals surface area contributed by atoms with Crippen molar-refractivity contribution in [3.8, 4) is 0 Å². The van der Waals surface area contributed by atoms with Crippen LogP contribution in [0.25, 0.3) is 16.5 Å². The number of allylic oxidation sites excluding steroid dienone is 3. The average Bonchev–Trinajstić information content (AvgIpc) is 3.50. The van der Waals surface area contributed by atoms with Crippen molar-refractivity contribution in [2.45, 2.75) is 75.4 Å². The molecule has 3 heterocycles. The molecule has 2 aromatic rings. The normalized spacial score (nSPS) is 42.1. The Labute approximate surface area is 206 Å². The molecule has 1 aromatic carbocycles. The number of hydrogen-bond donors (Lipinski definition) is 3. The van der Waals surface area contributed by atoms with Crippen molar-refractivity contribution in [3.63, 3.8) is 0 Å². The summed E-state index contributed by atoms with van der Waals surface area (Å²) in [5, 5.41) is 30.6. The highest BCUT2D eigenvalue weighted by molar-refractivity contribution is 5.85. The Bertz CT molecular complexity index is 1340. The van der Waals surface area contributed by atoms with Gasteiger partial charge in [0.15, 0.2) is 0 Å². The molecule has 35 heavy (non-hydrogen) atoms. The van der Waals surface area contributed by atoms with Crippen LogP contribution in [0.4, 0.5) is 0 Å². The number of aromatic nitrogens is 2. The molecule has 6 nitrogen and oxygen atoms in total. The summed E-state index contributed by atoms with van der Waals surface area (Å²) in [5.41, 5.74) is 6.42. The zero-order chi connectivity index (χ0) is 24.3. The quantitative estimate of drug-likeness (QED) is 0.615. The highest BCUT2D eigenvalue weighted by Crippen LogP contribution is 2.69. The van der Waals surface area contributed by atoms with Crippen molar-refractivity contribution >= 4 is 16.5 Å². The Morgan fingerprint density at radius 1 is 1.20 bits per heavy atom. The zero-order valence-corrected chi connectivity index (χ0v) is 21.0. The maximum atomic E-state index is 11.2. The number of rotatable bonds is 2. The summed E-state index contributed by atoms with van der Waals surface area (Å²) < 4.78 is 7.30. The van der Waals surface area contributed by atoms with E-state index in [0.717, 1.165) is 48.6 Å². The third kappa shape index (κ3) is 2.66. The molecule has 5 aliphatic rings. The van der Waals surface area contributed by atoms with Gasteiger partial charge in [0.25, 0.3) is 0 Å². The van der Waals surface area contributed by atoms with E-state index in [2.05, 4.69) is 54.4 Å². The van der Waals surface area contributed by atoms with Gasteiger partial charge in [-0.15, -0.1) is 0 Å². The number of aromatic amines is 1. The summed E-state index contributed by atoms with van der Waals surface area (Å²) in [5.74, 6) is 0.350. The van der Waals surface area contributed by atoms with Gasteiger partial charge in [-0.1, -0.05) is 30.7 Å². The minimum Gasteiger partial charge on any atom is -0.388 e. The van der Waals surface area contributed by atoms with Crippen LogP contribution in [0.3, 0.4) is 0 Å². The van der Waals surface area contributed by atoms with Crippen LogP contribution < -0.4 is 0 Å². The first-order valence-electron chi connectivity index (χ1n) is 13.0. The fourth-order valence-corrected chi connectivity index (χ4v) is 8.56.